The summed E-state index contributed by atoms with van der Waals surface area (Å²) in [5.74, 6) is -0.433. The van der Waals surface area contributed by atoms with Crippen molar-refractivity contribution < 1.29 is 19.4 Å². The molecule has 1 unspecified atom stereocenters. The number of nitrogens with zero attached hydrogens (tertiary/aromatic N) is 2. The summed E-state index contributed by atoms with van der Waals surface area (Å²) in [7, 11) is 3.91. The number of hydrogen-bond acceptors (Lipinski definition) is 5. The predicted molar refractivity (Wildman–Crippen MR) is 131 cm³/mol. The maximum atomic E-state index is 13.1. The van der Waals surface area contributed by atoms with E-state index in [1.807, 2.05) is 56.3 Å². The van der Waals surface area contributed by atoms with Crippen LogP contribution >= 0.6 is 0 Å². The van der Waals surface area contributed by atoms with Gasteiger partial charge in [0, 0.05) is 31.9 Å². The number of rotatable bonds is 9. The van der Waals surface area contributed by atoms with Crippen LogP contribution in [0.4, 0.5) is 5.69 Å². The number of unbranched alkanes of at least 4 members (excludes halogenated alkanes) is 1. The van der Waals surface area contributed by atoms with Crippen LogP contribution in [0.2, 0.25) is 0 Å². The van der Waals surface area contributed by atoms with Crippen LogP contribution in [0.15, 0.2) is 54.1 Å². The normalized spacial score (nSPS) is 17.6. The van der Waals surface area contributed by atoms with Crippen molar-refractivity contribution in [3.63, 3.8) is 0 Å². The summed E-state index contributed by atoms with van der Waals surface area (Å²) >= 11 is 0. The first-order valence-electron chi connectivity index (χ1n) is 11.5. The Kier molecular flexibility index (Phi) is 7.79. The molecule has 0 aliphatic carbocycles. The molecule has 33 heavy (non-hydrogen) atoms. The van der Waals surface area contributed by atoms with Crippen molar-refractivity contribution in [1.29, 1.82) is 0 Å². The van der Waals surface area contributed by atoms with Gasteiger partial charge in [-0.25, -0.2) is 0 Å². The minimum Gasteiger partial charge on any atom is -0.507 e. The second-order valence-electron chi connectivity index (χ2n) is 9.06. The SMILES string of the molecule is CCCCN1C(=O)C(=O)/C(=C(\O)c2cccc(OCC(C)C)c2)C1c1ccc(N(C)C)cc1. The quantitative estimate of drug-likeness (QED) is 0.330. The Labute approximate surface area is 196 Å². The zero-order chi connectivity index (χ0) is 24.1. The van der Waals surface area contributed by atoms with Crippen LogP contribution in [0.3, 0.4) is 0 Å². The molecule has 1 saturated heterocycles. The van der Waals surface area contributed by atoms with Gasteiger partial charge < -0.3 is 19.6 Å². The lowest BCUT2D eigenvalue weighted by Gasteiger charge is -2.25. The molecule has 1 atom stereocenters. The molecule has 1 N–H and O–H groups in total. The maximum absolute atomic E-state index is 13.1. The number of hydrogen-bond donors (Lipinski definition) is 1. The molecular formula is C27H34N2O4. The number of benzene rings is 2. The first-order valence-corrected chi connectivity index (χ1v) is 11.5. The van der Waals surface area contributed by atoms with Crippen LogP contribution in [-0.2, 0) is 9.59 Å². The molecule has 176 valence electrons. The molecule has 2 aromatic carbocycles. The number of carbonyl (C=O) groups excluding carboxylic acids is 2. The van der Waals surface area contributed by atoms with Crippen molar-refractivity contribution in [2.75, 3.05) is 32.1 Å². The number of aliphatic hydroxyl groups excluding tert-OH is 1. The van der Waals surface area contributed by atoms with Crippen molar-refractivity contribution in [1.82, 2.24) is 4.90 Å². The summed E-state index contributed by atoms with van der Waals surface area (Å²) in [6.45, 7) is 7.16. The molecule has 6 heteroatoms. The van der Waals surface area contributed by atoms with Gasteiger partial charge in [0.2, 0.25) is 0 Å². The summed E-state index contributed by atoms with van der Waals surface area (Å²) in [5, 5.41) is 11.2. The molecule has 1 heterocycles. The van der Waals surface area contributed by atoms with E-state index in [1.165, 1.54) is 0 Å². The van der Waals surface area contributed by atoms with Gasteiger partial charge in [0.15, 0.2) is 0 Å². The Bertz CT molecular complexity index is 1020. The maximum Gasteiger partial charge on any atom is 0.295 e. The summed E-state index contributed by atoms with van der Waals surface area (Å²) in [4.78, 5) is 29.6. The summed E-state index contributed by atoms with van der Waals surface area (Å²) in [5.41, 5.74) is 2.39. The van der Waals surface area contributed by atoms with E-state index in [9.17, 15) is 14.7 Å². The van der Waals surface area contributed by atoms with E-state index < -0.39 is 17.7 Å². The largest absolute Gasteiger partial charge is 0.507 e. The Morgan fingerprint density at radius 2 is 1.82 bits per heavy atom. The molecule has 1 amide bonds. The third-order valence-corrected chi connectivity index (χ3v) is 5.71. The Morgan fingerprint density at radius 3 is 2.42 bits per heavy atom. The van der Waals surface area contributed by atoms with Crippen molar-refractivity contribution in [3.05, 3.63) is 65.2 Å². The van der Waals surface area contributed by atoms with Gasteiger partial charge >= 0.3 is 0 Å². The molecule has 1 aliphatic rings. The van der Waals surface area contributed by atoms with Crippen LogP contribution in [0.25, 0.3) is 5.76 Å². The van der Waals surface area contributed by atoms with E-state index in [0.29, 0.717) is 30.4 Å². The molecule has 3 rings (SSSR count). The molecule has 1 aliphatic heterocycles. The Morgan fingerprint density at radius 1 is 1.12 bits per heavy atom. The minimum atomic E-state index is -0.654. The van der Waals surface area contributed by atoms with Crippen LogP contribution < -0.4 is 9.64 Å². The van der Waals surface area contributed by atoms with Gasteiger partial charge in [0.25, 0.3) is 11.7 Å². The Balaban J connectivity index is 2.08. The van der Waals surface area contributed by atoms with E-state index in [2.05, 4.69) is 13.8 Å². The first-order chi connectivity index (χ1) is 15.7. The smallest absolute Gasteiger partial charge is 0.295 e. The first kappa shape index (κ1) is 24.4. The number of carbonyl (C=O) groups is 2. The average molecular weight is 451 g/mol. The van der Waals surface area contributed by atoms with Crippen LogP contribution in [-0.4, -0.2) is 48.9 Å². The van der Waals surface area contributed by atoms with E-state index in [0.717, 1.165) is 24.1 Å². The summed E-state index contributed by atoms with van der Waals surface area (Å²) < 4.78 is 5.79. The highest BCUT2D eigenvalue weighted by molar-refractivity contribution is 6.46. The average Bonchev–Trinajstić information content (AvgIpc) is 3.06. The third-order valence-electron chi connectivity index (χ3n) is 5.71. The molecular weight excluding hydrogens is 416 g/mol. The lowest BCUT2D eigenvalue weighted by molar-refractivity contribution is -0.139. The zero-order valence-electron chi connectivity index (χ0n) is 20.2. The molecule has 6 nitrogen and oxygen atoms in total. The van der Waals surface area contributed by atoms with Crippen LogP contribution in [0, 0.1) is 5.92 Å². The van der Waals surface area contributed by atoms with Crippen molar-refractivity contribution in [2.24, 2.45) is 5.92 Å². The fourth-order valence-corrected chi connectivity index (χ4v) is 3.89. The second-order valence-corrected chi connectivity index (χ2v) is 9.06. The third kappa shape index (κ3) is 5.38. The van der Waals surface area contributed by atoms with E-state index in [4.69, 9.17) is 4.74 Å². The topological polar surface area (TPSA) is 70.1 Å². The number of ketones is 1. The van der Waals surface area contributed by atoms with Gasteiger partial charge in [-0.2, -0.15) is 0 Å². The van der Waals surface area contributed by atoms with Gasteiger partial charge in [-0.3, -0.25) is 9.59 Å². The van der Waals surface area contributed by atoms with Gasteiger partial charge in [-0.1, -0.05) is 51.5 Å². The standard InChI is InChI=1S/C27H34N2O4/c1-6-7-15-29-24(19-11-13-21(14-12-19)28(4)5)23(26(31)27(29)32)25(30)20-9-8-10-22(16-20)33-17-18(2)3/h8-14,16,18,24,30H,6-7,15,17H2,1-5H3/b25-23-. The van der Waals surface area contributed by atoms with Gasteiger partial charge in [-0.05, 0) is 42.2 Å². The molecule has 0 bridgehead atoms. The van der Waals surface area contributed by atoms with Crippen LogP contribution in [0.5, 0.6) is 5.75 Å². The second kappa shape index (κ2) is 10.6. The number of amides is 1. The molecule has 0 spiro atoms. The molecule has 0 aromatic heterocycles. The number of Topliss-reactive ketones (excluding diaryl/α,β-unsaturated/α-hetero) is 1. The minimum absolute atomic E-state index is 0.120. The van der Waals surface area contributed by atoms with Gasteiger partial charge in [0.1, 0.15) is 11.5 Å². The monoisotopic (exact) mass is 450 g/mol. The molecule has 0 saturated carbocycles. The zero-order valence-corrected chi connectivity index (χ0v) is 20.2. The van der Waals surface area contributed by atoms with Crippen molar-refractivity contribution in [3.8, 4) is 5.75 Å². The number of anilines is 1. The summed E-state index contributed by atoms with van der Waals surface area (Å²) in [6.07, 6.45) is 1.67. The summed E-state index contributed by atoms with van der Waals surface area (Å²) in [6, 6.07) is 14.1. The number of aliphatic hydroxyl groups is 1. The molecule has 2 aromatic rings. The molecule has 1 fully saturated rings. The van der Waals surface area contributed by atoms with Crippen molar-refractivity contribution >= 4 is 23.1 Å². The van der Waals surface area contributed by atoms with Gasteiger partial charge in [0.05, 0.1) is 18.2 Å². The Hall–Kier alpha value is -3.28. The predicted octanol–water partition coefficient (Wildman–Crippen LogP) is 5.01. The number of ether oxygens (including phenoxy) is 1. The highest BCUT2D eigenvalue weighted by Gasteiger charge is 2.45. The fraction of sp³-hybridized carbons (Fsp3) is 0.407. The van der Waals surface area contributed by atoms with Crippen LogP contribution in [0.1, 0.15) is 50.8 Å². The van der Waals surface area contributed by atoms with E-state index in [-0.39, 0.29) is 11.3 Å². The van der Waals surface area contributed by atoms with Crippen molar-refractivity contribution in [2.45, 2.75) is 39.7 Å². The lowest BCUT2D eigenvalue weighted by atomic mass is 9.95. The van der Waals surface area contributed by atoms with E-state index >= 15 is 0 Å². The highest BCUT2D eigenvalue weighted by atomic mass is 16.5. The molecule has 0 radical (unpaired) electrons. The highest BCUT2D eigenvalue weighted by Crippen LogP contribution is 2.40. The lowest BCUT2D eigenvalue weighted by Crippen LogP contribution is -2.30. The number of likely N-dealkylation sites (tertiary alicyclic amines) is 1. The van der Waals surface area contributed by atoms with E-state index in [1.54, 1.807) is 23.1 Å². The van der Waals surface area contributed by atoms with Gasteiger partial charge in [-0.15, -0.1) is 0 Å². The fourth-order valence-electron chi connectivity index (χ4n) is 3.89.